The smallest absolute Gasteiger partial charge is 0.119 e. The van der Waals surface area contributed by atoms with E-state index < -0.39 is 0 Å². The summed E-state index contributed by atoms with van der Waals surface area (Å²) in [6, 6.07) is 6.18. The van der Waals surface area contributed by atoms with Crippen LogP contribution in [-0.4, -0.2) is 12.1 Å². The van der Waals surface area contributed by atoms with Gasteiger partial charge in [0.25, 0.3) is 0 Å². The first-order valence-corrected chi connectivity index (χ1v) is 4.87. The van der Waals surface area contributed by atoms with Gasteiger partial charge in [0.2, 0.25) is 0 Å². The summed E-state index contributed by atoms with van der Waals surface area (Å²) in [6.45, 7) is 8.57. The van der Waals surface area contributed by atoms with E-state index >= 15 is 0 Å². The molecule has 0 aliphatic carbocycles. The molecule has 1 aromatic rings. The van der Waals surface area contributed by atoms with Gasteiger partial charge in [-0.05, 0) is 51.0 Å². The highest BCUT2D eigenvalue weighted by Crippen LogP contribution is 2.17. The lowest BCUT2D eigenvalue weighted by Crippen LogP contribution is -2.38. The second-order valence-corrected chi connectivity index (χ2v) is 4.60. The Bertz CT molecular complexity index is 292. The molecule has 14 heavy (non-hydrogen) atoms. The Hall–Kier alpha value is -1.02. The highest BCUT2D eigenvalue weighted by atomic mass is 16.5. The molecular formula is C12H19NO. The highest BCUT2D eigenvalue weighted by Gasteiger charge is 2.11. The van der Waals surface area contributed by atoms with Gasteiger partial charge in [0.1, 0.15) is 12.4 Å². The van der Waals surface area contributed by atoms with Crippen molar-refractivity contribution < 1.29 is 4.74 Å². The third-order valence-electron chi connectivity index (χ3n) is 1.81. The van der Waals surface area contributed by atoms with Gasteiger partial charge in [0, 0.05) is 5.54 Å². The fourth-order valence-electron chi connectivity index (χ4n) is 1.29. The van der Waals surface area contributed by atoms with Gasteiger partial charge in [-0.1, -0.05) is 6.07 Å². The van der Waals surface area contributed by atoms with Crippen molar-refractivity contribution in [3.05, 3.63) is 29.3 Å². The van der Waals surface area contributed by atoms with Crippen molar-refractivity contribution in [3.8, 4) is 5.75 Å². The Balaban J connectivity index is 2.68. The Morgan fingerprint density at radius 1 is 1.14 bits per heavy atom. The van der Waals surface area contributed by atoms with Crippen LogP contribution in [0.5, 0.6) is 5.75 Å². The molecule has 0 heterocycles. The lowest BCUT2D eigenvalue weighted by Gasteiger charge is -2.19. The molecule has 0 unspecified atom stereocenters. The predicted octanol–water partition coefficient (Wildman–Crippen LogP) is 2.42. The average molecular weight is 193 g/mol. The minimum atomic E-state index is -0.280. The number of hydrogen-bond acceptors (Lipinski definition) is 2. The van der Waals surface area contributed by atoms with E-state index in [2.05, 4.69) is 19.9 Å². The quantitative estimate of drug-likeness (QED) is 0.800. The topological polar surface area (TPSA) is 35.2 Å². The van der Waals surface area contributed by atoms with E-state index in [1.165, 1.54) is 11.1 Å². The molecule has 0 spiro atoms. The second-order valence-electron chi connectivity index (χ2n) is 4.60. The minimum Gasteiger partial charge on any atom is -0.492 e. The molecule has 2 N–H and O–H groups in total. The van der Waals surface area contributed by atoms with Gasteiger partial charge in [-0.3, -0.25) is 0 Å². The molecule has 0 aromatic heterocycles. The first-order chi connectivity index (χ1) is 6.37. The van der Waals surface area contributed by atoms with Crippen LogP contribution >= 0.6 is 0 Å². The zero-order chi connectivity index (χ0) is 10.8. The van der Waals surface area contributed by atoms with Crippen molar-refractivity contribution >= 4 is 0 Å². The summed E-state index contributed by atoms with van der Waals surface area (Å²) in [6.07, 6.45) is 0. The average Bonchev–Trinajstić information content (AvgIpc) is 1.97. The molecule has 0 amide bonds. The van der Waals surface area contributed by atoms with E-state index in [-0.39, 0.29) is 5.54 Å². The second kappa shape index (κ2) is 4.01. The number of nitrogens with two attached hydrogens (primary N) is 1. The normalized spacial score (nSPS) is 11.5. The first kappa shape index (κ1) is 11.1. The van der Waals surface area contributed by atoms with Crippen molar-refractivity contribution in [1.82, 2.24) is 0 Å². The zero-order valence-electron chi connectivity index (χ0n) is 9.42. The molecule has 0 atom stereocenters. The molecule has 0 saturated carbocycles. The molecule has 0 aliphatic heterocycles. The van der Waals surface area contributed by atoms with Gasteiger partial charge >= 0.3 is 0 Å². The van der Waals surface area contributed by atoms with Crippen molar-refractivity contribution in [3.63, 3.8) is 0 Å². The summed E-state index contributed by atoms with van der Waals surface area (Å²) in [4.78, 5) is 0. The van der Waals surface area contributed by atoms with E-state index in [1.54, 1.807) is 0 Å². The van der Waals surface area contributed by atoms with Gasteiger partial charge in [-0.15, -0.1) is 0 Å². The third-order valence-corrected chi connectivity index (χ3v) is 1.81. The molecule has 78 valence electrons. The van der Waals surface area contributed by atoms with E-state index in [9.17, 15) is 0 Å². The Morgan fingerprint density at radius 2 is 1.64 bits per heavy atom. The first-order valence-electron chi connectivity index (χ1n) is 4.87. The molecule has 2 heteroatoms. The number of hydrogen-bond donors (Lipinski definition) is 1. The van der Waals surface area contributed by atoms with Gasteiger partial charge in [-0.25, -0.2) is 0 Å². The fraction of sp³-hybridized carbons (Fsp3) is 0.500. The minimum absolute atomic E-state index is 0.280. The maximum atomic E-state index is 5.83. The van der Waals surface area contributed by atoms with Crippen molar-refractivity contribution in [2.24, 2.45) is 5.73 Å². The number of aryl methyl sites for hydroxylation is 2. The molecule has 0 aliphatic rings. The van der Waals surface area contributed by atoms with Crippen molar-refractivity contribution in [2.45, 2.75) is 33.2 Å². The lowest BCUT2D eigenvalue weighted by atomic mass is 10.1. The van der Waals surface area contributed by atoms with Crippen molar-refractivity contribution in [1.29, 1.82) is 0 Å². The SMILES string of the molecule is Cc1cc(C)cc(OCC(C)(C)N)c1. The van der Waals surface area contributed by atoms with Crippen LogP contribution in [0.25, 0.3) is 0 Å². The molecule has 2 nitrogen and oxygen atoms in total. The van der Waals surface area contributed by atoms with Crippen LogP contribution in [0.1, 0.15) is 25.0 Å². The Labute approximate surface area is 86.1 Å². The summed E-state index contributed by atoms with van der Waals surface area (Å²) in [5.74, 6) is 0.904. The molecule has 0 radical (unpaired) electrons. The van der Waals surface area contributed by atoms with Crippen LogP contribution in [0.4, 0.5) is 0 Å². The number of rotatable bonds is 3. The fourth-order valence-corrected chi connectivity index (χ4v) is 1.29. The zero-order valence-corrected chi connectivity index (χ0v) is 9.42. The lowest BCUT2D eigenvalue weighted by molar-refractivity contribution is 0.243. The maximum Gasteiger partial charge on any atom is 0.119 e. The van der Waals surface area contributed by atoms with Gasteiger partial charge in [0.15, 0.2) is 0 Å². The summed E-state index contributed by atoms with van der Waals surface area (Å²) >= 11 is 0. The monoisotopic (exact) mass is 193 g/mol. The molecule has 0 fully saturated rings. The van der Waals surface area contributed by atoms with Crippen LogP contribution in [-0.2, 0) is 0 Å². The summed E-state index contributed by atoms with van der Waals surface area (Å²) in [5.41, 5.74) is 7.99. The maximum absolute atomic E-state index is 5.83. The Morgan fingerprint density at radius 3 is 2.07 bits per heavy atom. The van der Waals surface area contributed by atoms with E-state index in [1.807, 2.05) is 26.0 Å². The van der Waals surface area contributed by atoms with Gasteiger partial charge in [-0.2, -0.15) is 0 Å². The standard InChI is InChI=1S/C12H19NO/c1-9-5-10(2)7-11(6-9)14-8-12(3,4)13/h5-7H,8,13H2,1-4H3. The highest BCUT2D eigenvalue weighted by molar-refractivity contribution is 5.33. The summed E-state index contributed by atoms with van der Waals surface area (Å²) in [5, 5.41) is 0. The largest absolute Gasteiger partial charge is 0.492 e. The van der Waals surface area contributed by atoms with Crippen molar-refractivity contribution in [2.75, 3.05) is 6.61 Å². The van der Waals surface area contributed by atoms with Gasteiger partial charge < -0.3 is 10.5 Å². The molecular weight excluding hydrogens is 174 g/mol. The van der Waals surface area contributed by atoms with E-state index in [0.717, 1.165) is 5.75 Å². The van der Waals surface area contributed by atoms with Crippen LogP contribution in [0.3, 0.4) is 0 Å². The summed E-state index contributed by atoms with van der Waals surface area (Å²) in [7, 11) is 0. The molecule has 1 aromatic carbocycles. The van der Waals surface area contributed by atoms with Gasteiger partial charge in [0.05, 0.1) is 0 Å². The molecule has 1 rings (SSSR count). The Kier molecular flexibility index (Phi) is 3.17. The van der Waals surface area contributed by atoms with E-state index in [0.29, 0.717) is 6.61 Å². The van der Waals surface area contributed by atoms with E-state index in [4.69, 9.17) is 10.5 Å². The summed E-state index contributed by atoms with van der Waals surface area (Å²) < 4.78 is 5.61. The van der Waals surface area contributed by atoms with Crippen LogP contribution < -0.4 is 10.5 Å². The third kappa shape index (κ3) is 3.79. The van der Waals surface area contributed by atoms with Crippen LogP contribution in [0, 0.1) is 13.8 Å². The molecule has 0 saturated heterocycles. The van der Waals surface area contributed by atoms with Crippen LogP contribution in [0.15, 0.2) is 18.2 Å². The number of benzene rings is 1. The number of ether oxygens (including phenoxy) is 1. The molecule has 0 bridgehead atoms. The van der Waals surface area contributed by atoms with Crippen LogP contribution in [0.2, 0.25) is 0 Å². The predicted molar refractivity (Wildman–Crippen MR) is 59.7 cm³/mol.